The summed E-state index contributed by atoms with van der Waals surface area (Å²) in [7, 11) is 2.40. The van der Waals surface area contributed by atoms with Crippen LogP contribution < -0.4 is 0 Å². The Morgan fingerprint density at radius 3 is 1.55 bits per heavy atom. The quantitative estimate of drug-likeness (QED) is 0.439. The van der Waals surface area contributed by atoms with Gasteiger partial charge in [-0.3, -0.25) is 0 Å². The largest absolute Gasteiger partial charge is 0.116 e. The second kappa shape index (κ2) is 9.10. The molecule has 1 rings (SSSR count). The average Bonchev–Trinajstić information content (AvgIpc) is 2.26. The Labute approximate surface area is 132 Å². The van der Waals surface area contributed by atoms with Gasteiger partial charge in [-0.2, -0.15) is 0 Å². The van der Waals surface area contributed by atoms with Crippen LogP contribution in [-0.2, 0) is 0 Å². The van der Waals surface area contributed by atoms with Crippen molar-refractivity contribution in [2.45, 2.75) is 109 Å². The second-order valence-electron chi connectivity index (χ2n) is 7.68. The topological polar surface area (TPSA) is 0 Å². The molecule has 0 heterocycles. The van der Waals surface area contributed by atoms with Crippen LogP contribution in [0.4, 0.5) is 0 Å². The van der Waals surface area contributed by atoms with Crippen molar-refractivity contribution in [3.63, 3.8) is 0 Å². The first-order valence-electron chi connectivity index (χ1n) is 8.93. The summed E-state index contributed by atoms with van der Waals surface area (Å²) in [6.45, 7) is 14.5. The summed E-state index contributed by atoms with van der Waals surface area (Å²) in [6, 6.07) is 0. The van der Waals surface area contributed by atoms with Crippen LogP contribution >= 0.6 is 17.2 Å². The van der Waals surface area contributed by atoms with Gasteiger partial charge in [0.05, 0.1) is 0 Å². The molecular formula is C18H38P2. The summed E-state index contributed by atoms with van der Waals surface area (Å²) in [4.78, 5) is 0. The molecular weight excluding hydrogens is 278 g/mol. The zero-order valence-corrected chi connectivity index (χ0v) is 16.8. The predicted molar refractivity (Wildman–Crippen MR) is 101 cm³/mol. The molecule has 1 saturated carbocycles. The first kappa shape index (κ1) is 18.9. The highest BCUT2D eigenvalue weighted by Gasteiger charge is 2.39. The molecule has 0 spiro atoms. The molecule has 1 fully saturated rings. The molecule has 4 unspecified atom stereocenters. The highest BCUT2D eigenvalue weighted by atomic mass is 31.1. The molecule has 1 aliphatic rings. The van der Waals surface area contributed by atoms with E-state index in [-0.39, 0.29) is 0 Å². The molecule has 20 heavy (non-hydrogen) atoms. The van der Waals surface area contributed by atoms with Gasteiger partial charge >= 0.3 is 0 Å². The zero-order valence-electron chi connectivity index (χ0n) is 14.8. The maximum Gasteiger partial charge on any atom is -0.0223 e. The van der Waals surface area contributed by atoms with E-state index in [1.165, 1.54) is 42.8 Å². The van der Waals surface area contributed by atoms with Gasteiger partial charge in [0.2, 0.25) is 0 Å². The zero-order chi connectivity index (χ0) is 15.2. The molecule has 1 aliphatic carbocycles. The first-order valence-corrected chi connectivity index (χ1v) is 11.2. The molecule has 0 aromatic rings. The lowest BCUT2D eigenvalue weighted by Crippen LogP contribution is -2.36. The Morgan fingerprint density at radius 1 is 0.850 bits per heavy atom. The summed E-state index contributed by atoms with van der Waals surface area (Å²) in [5, 5.41) is 0. The Morgan fingerprint density at radius 2 is 1.25 bits per heavy atom. The van der Waals surface area contributed by atoms with Crippen molar-refractivity contribution in [1.29, 1.82) is 0 Å². The number of rotatable bonds is 8. The molecule has 0 N–H and O–H groups in total. The van der Waals surface area contributed by atoms with Crippen LogP contribution in [0.15, 0.2) is 0 Å². The summed E-state index contributed by atoms with van der Waals surface area (Å²) in [5.41, 5.74) is 4.60. The minimum absolute atomic E-state index is 0.709. The van der Waals surface area contributed by atoms with E-state index >= 15 is 0 Å². The Kier molecular flexibility index (Phi) is 8.60. The number of hydrogen-bond acceptors (Lipinski definition) is 0. The molecule has 120 valence electrons. The van der Waals surface area contributed by atoms with Gasteiger partial charge in [-0.1, -0.05) is 54.4 Å². The smallest absolute Gasteiger partial charge is 0.0223 e. The average molecular weight is 316 g/mol. The molecule has 0 saturated heterocycles. The molecule has 4 atom stereocenters. The summed E-state index contributed by atoms with van der Waals surface area (Å²) < 4.78 is 0. The normalized spacial score (nSPS) is 27.6. The van der Waals surface area contributed by atoms with E-state index in [0.717, 1.165) is 22.6 Å². The van der Waals surface area contributed by atoms with Crippen molar-refractivity contribution in [2.24, 2.45) is 5.41 Å². The van der Waals surface area contributed by atoms with E-state index in [1.807, 2.05) is 0 Å². The van der Waals surface area contributed by atoms with Gasteiger partial charge in [-0.15, -0.1) is 17.2 Å². The van der Waals surface area contributed by atoms with Crippen LogP contribution in [0.25, 0.3) is 0 Å². The summed E-state index contributed by atoms with van der Waals surface area (Å²) in [6.07, 6.45) is 10.4. The van der Waals surface area contributed by atoms with E-state index in [0.29, 0.717) is 5.41 Å². The van der Waals surface area contributed by atoms with Gasteiger partial charge in [-0.05, 0) is 60.2 Å². The highest BCUT2D eigenvalue weighted by molar-refractivity contribution is 7.41. The van der Waals surface area contributed by atoms with E-state index in [9.17, 15) is 0 Å². The Balaban J connectivity index is 2.80. The third-order valence-electron chi connectivity index (χ3n) is 4.63. The lowest BCUT2D eigenvalue weighted by Gasteiger charge is -2.46. The predicted octanol–water partition coefficient (Wildman–Crippen LogP) is 6.67. The van der Waals surface area contributed by atoms with Crippen LogP contribution in [0, 0.1) is 5.41 Å². The maximum absolute atomic E-state index is 2.42. The highest BCUT2D eigenvalue weighted by Crippen LogP contribution is 2.53. The van der Waals surface area contributed by atoms with Gasteiger partial charge in [-0.25, -0.2) is 0 Å². The van der Waals surface area contributed by atoms with Crippen molar-refractivity contribution < 1.29 is 0 Å². The molecule has 0 aromatic carbocycles. The third-order valence-corrected chi connectivity index (χ3v) is 7.78. The molecule has 0 bridgehead atoms. The SMILES string of the molecule is CCCC1(CCC)CC(PC(C)C)CC(PC(C)C)C1. The molecule has 0 radical (unpaired) electrons. The van der Waals surface area contributed by atoms with E-state index < -0.39 is 0 Å². The van der Waals surface area contributed by atoms with E-state index in [1.54, 1.807) is 19.3 Å². The Hall–Kier alpha value is 0.860. The lowest BCUT2D eigenvalue weighted by atomic mass is 9.68. The van der Waals surface area contributed by atoms with Crippen LogP contribution in [0.1, 0.15) is 86.5 Å². The minimum Gasteiger partial charge on any atom is -0.116 e. The van der Waals surface area contributed by atoms with Crippen LogP contribution in [-0.4, -0.2) is 22.6 Å². The fraction of sp³-hybridized carbons (Fsp3) is 1.00. The van der Waals surface area contributed by atoms with Crippen molar-refractivity contribution >= 4 is 17.2 Å². The van der Waals surface area contributed by atoms with Gasteiger partial charge in [0, 0.05) is 0 Å². The van der Waals surface area contributed by atoms with Crippen molar-refractivity contribution in [3.05, 3.63) is 0 Å². The first-order chi connectivity index (χ1) is 9.40. The van der Waals surface area contributed by atoms with Gasteiger partial charge < -0.3 is 0 Å². The molecule has 0 amide bonds. The monoisotopic (exact) mass is 316 g/mol. The summed E-state index contributed by atoms with van der Waals surface area (Å²) in [5.74, 6) is 0. The molecule has 0 aromatic heterocycles. The standard InChI is InChI=1S/C18H38P2/c1-7-9-18(10-8-2)12-16(19-14(3)4)11-17(13-18)20-15(5)6/h14-17,19-20H,7-13H2,1-6H3. The lowest BCUT2D eigenvalue weighted by molar-refractivity contribution is 0.161. The van der Waals surface area contributed by atoms with Crippen LogP contribution in [0.2, 0.25) is 0 Å². The van der Waals surface area contributed by atoms with Gasteiger partial charge in [0.1, 0.15) is 0 Å². The Bertz CT molecular complexity index is 234. The molecule has 2 heteroatoms. The maximum atomic E-state index is 2.42. The van der Waals surface area contributed by atoms with Crippen LogP contribution in [0.5, 0.6) is 0 Å². The second-order valence-corrected chi connectivity index (χ2v) is 12.3. The van der Waals surface area contributed by atoms with Gasteiger partial charge in [0.25, 0.3) is 0 Å². The van der Waals surface area contributed by atoms with E-state index in [4.69, 9.17) is 0 Å². The minimum atomic E-state index is 0.709. The third kappa shape index (κ3) is 6.32. The fourth-order valence-corrected chi connectivity index (χ4v) is 8.49. The molecule has 0 aliphatic heterocycles. The van der Waals surface area contributed by atoms with E-state index in [2.05, 4.69) is 41.5 Å². The van der Waals surface area contributed by atoms with Crippen molar-refractivity contribution in [2.75, 3.05) is 0 Å². The summed E-state index contributed by atoms with van der Waals surface area (Å²) >= 11 is 0. The van der Waals surface area contributed by atoms with Gasteiger partial charge in [0.15, 0.2) is 0 Å². The van der Waals surface area contributed by atoms with Crippen LogP contribution in [0.3, 0.4) is 0 Å². The molecule has 0 nitrogen and oxygen atoms in total. The fourth-order valence-electron chi connectivity index (χ4n) is 4.43. The van der Waals surface area contributed by atoms with Crippen molar-refractivity contribution in [1.82, 2.24) is 0 Å². The van der Waals surface area contributed by atoms with Crippen molar-refractivity contribution in [3.8, 4) is 0 Å². The number of hydrogen-bond donors (Lipinski definition) is 0.